The van der Waals surface area contributed by atoms with E-state index in [0.29, 0.717) is 15.7 Å². The summed E-state index contributed by atoms with van der Waals surface area (Å²) in [6.45, 7) is 4.30. The van der Waals surface area contributed by atoms with Crippen LogP contribution in [0.25, 0.3) is 21.3 Å². The number of hydrogen-bond donors (Lipinski definition) is 1. The Morgan fingerprint density at radius 1 is 1.11 bits per heavy atom. The fourth-order valence-corrected chi connectivity index (χ4v) is 4.35. The van der Waals surface area contributed by atoms with Crippen LogP contribution in [0, 0.1) is 13.8 Å². The lowest BCUT2D eigenvalue weighted by molar-refractivity contribution is 0.0951. The van der Waals surface area contributed by atoms with E-state index in [-0.39, 0.29) is 12.5 Å². The van der Waals surface area contributed by atoms with Crippen LogP contribution < -0.4 is 5.32 Å². The highest BCUT2D eigenvalue weighted by Gasteiger charge is 2.17. The molecule has 0 bridgehead atoms. The van der Waals surface area contributed by atoms with Gasteiger partial charge >= 0.3 is 0 Å². The van der Waals surface area contributed by atoms with E-state index < -0.39 is 0 Å². The van der Waals surface area contributed by atoms with Gasteiger partial charge in [0.25, 0.3) is 5.91 Å². The Morgan fingerprint density at radius 2 is 1.85 bits per heavy atom. The zero-order valence-electron chi connectivity index (χ0n) is 14.9. The average molecular weight is 397 g/mol. The molecular weight excluding hydrogens is 380 g/mol. The smallest absolute Gasteiger partial charge is 0.263 e. The van der Waals surface area contributed by atoms with Crippen LogP contribution >= 0.6 is 22.9 Å². The molecule has 6 heteroatoms. The fraction of sp³-hybridized carbons (Fsp3) is 0.143. The summed E-state index contributed by atoms with van der Waals surface area (Å²) < 4.78 is 6.35. The van der Waals surface area contributed by atoms with E-state index in [1.54, 1.807) is 0 Å². The van der Waals surface area contributed by atoms with Gasteiger partial charge in [0.1, 0.15) is 10.6 Å². The first-order valence-corrected chi connectivity index (χ1v) is 9.70. The predicted octanol–water partition coefficient (Wildman–Crippen LogP) is 5.76. The first kappa shape index (κ1) is 17.8. The summed E-state index contributed by atoms with van der Waals surface area (Å²) in [5.74, 6) is 0.374. The van der Waals surface area contributed by atoms with E-state index >= 15 is 0 Å². The van der Waals surface area contributed by atoms with Gasteiger partial charge < -0.3 is 9.84 Å². The highest BCUT2D eigenvalue weighted by Crippen LogP contribution is 2.35. The standard InChI is InChI=1S/C21H17ClN2O2S/c1-12-3-6-14(7-4-12)17-10-15(26-24-17)11-23-21(25)20-19(22)16-8-5-13(2)9-18(16)27-20/h3-10H,11H2,1-2H3,(H,23,25). The van der Waals surface area contributed by atoms with E-state index in [9.17, 15) is 4.79 Å². The first-order valence-electron chi connectivity index (χ1n) is 8.51. The Morgan fingerprint density at radius 3 is 2.63 bits per heavy atom. The quantitative estimate of drug-likeness (QED) is 0.477. The molecule has 0 aliphatic heterocycles. The third kappa shape index (κ3) is 3.61. The summed E-state index contributed by atoms with van der Waals surface area (Å²) >= 11 is 7.79. The van der Waals surface area contributed by atoms with Crippen LogP contribution in [0.2, 0.25) is 5.02 Å². The van der Waals surface area contributed by atoms with E-state index in [4.69, 9.17) is 16.1 Å². The number of aryl methyl sites for hydroxylation is 2. The van der Waals surface area contributed by atoms with Gasteiger partial charge in [-0.05, 0) is 25.5 Å². The van der Waals surface area contributed by atoms with Crippen LogP contribution in [-0.4, -0.2) is 11.1 Å². The lowest BCUT2D eigenvalue weighted by atomic mass is 10.1. The number of nitrogens with zero attached hydrogens (tertiary/aromatic N) is 1. The SMILES string of the molecule is Cc1ccc(-c2cc(CNC(=O)c3sc4cc(C)ccc4c3Cl)on2)cc1. The number of fused-ring (bicyclic) bond motifs is 1. The number of thiophene rings is 1. The third-order valence-electron chi connectivity index (χ3n) is 4.32. The van der Waals surface area contributed by atoms with Gasteiger partial charge in [-0.15, -0.1) is 11.3 Å². The highest BCUT2D eigenvalue weighted by molar-refractivity contribution is 7.21. The summed E-state index contributed by atoms with van der Waals surface area (Å²) in [5.41, 5.74) is 4.04. The van der Waals surface area contributed by atoms with Crippen molar-refractivity contribution in [2.24, 2.45) is 0 Å². The van der Waals surface area contributed by atoms with Gasteiger partial charge in [-0.25, -0.2) is 0 Å². The Hall–Kier alpha value is -2.63. The predicted molar refractivity (Wildman–Crippen MR) is 109 cm³/mol. The van der Waals surface area contributed by atoms with Gasteiger partial charge in [0.05, 0.1) is 11.6 Å². The number of aromatic nitrogens is 1. The number of carbonyl (C=O) groups is 1. The molecule has 0 saturated heterocycles. The van der Waals surface area contributed by atoms with E-state index in [2.05, 4.69) is 10.5 Å². The molecule has 0 radical (unpaired) electrons. The molecule has 4 rings (SSSR count). The number of benzene rings is 2. The molecule has 0 spiro atoms. The van der Waals surface area contributed by atoms with E-state index in [0.717, 1.165) is 26.9 Å². The van der Waals surface area contributed by atoms with Crippen LogP contribution in [0.15, 0.2) is 53.1 Å². The number of amides is 1. The first-order chi connectivity index (χ1) is 13.0. The molecule has 4 nitrogen and oxygen atoms in total. The second-order valence-electron chi connectivity index (χ2n) is 6.47. The van der Waals surface area contributed by atoms with Crippen molar-refractivity contribution in [1.82, 2.24) is 10.5 Å². The molecule has 2 aromatic carbocycles. The van der Waals surface area contributed by atoms with Crippen LogP contribution in [-0.2, 0) is 6.54 Å². The van der Waals surface area contributed by atoms with Crippen LogP contribution in [0.4, 0.5) is 0 Å². The number of halogens is 1. The van der Waals surface area contributed by atoms with Crippen molar-refractivity contribution < 1.29 is 9.32 Å². The second kappa shape index (κ2) is 7.18. The van der Waals surface area contributed by atoms with Crippen LogP contribution in [0.1, 0.15) is 26.6 Å². The van der Waals surface area contributed by atoms with Crippen molar-refractivity contribution >= 4 is 38.9 Å². The molecule has 1 N–H and O–H groups in total. The summed E-state index contributed by atoms with van der Waals surface area (Å²) in [5, 5.41) is 8.33. The minimum absolute atomic E-state index is 0.216. The molecule has 1 amide bonds. The van der Waals surface area contributed by atoms with Crippen molar-refractivity contribution in [3.05, 3.63) is 75.3 Å². The van der Waals surface area contributed by atoms with E-state index in [1.165, 1.54) is 16.9 Å². The van der Waals surface area contributed by atoms with Gasteiger partial charge in [0.2, 0.25) is 0 Å². The molecule has 4 aromatic rings. The Bertz CT molecular complexity index is 1130. The molecular formula is C21H17ClN2O2S. The number of hydrogen-bond acceptors (Lipinski definition) is 4. The molecule has 2 heterocycles. The third-order valence-corrected chi connectivity index (χ3v) is 5.98. The number of nitrogens with one attached hydrogen (secondary N) is 1. The lowest BCUT2D eigenvalue weighted by Crippen LogP contribution is -2.21. The molecule has 0 aliphatic rings. The Kier molecular flexibility index (Phi) is 4.72. The molecule has 27 heavy (non-hydrogen) atoms. The molecule has 0 unspecified atom stereocenters. The van der Waals surface area contributed by atoms with Gasteiger partial charge in [-0.2, -0.15) is 0 Å². The van der Waals surface area contributed by atoms with Crippen molar-refractivity contribution in [1.29, 1.82) is 0 Å². The average Bonchev–Trinajstić information content (AvgIpc) is 3.25. The molecule has 0 aliphatic carbocycles. The monoisotopic (exact) mass is 396 g/mol. The van der Waals surface area contributed by atoms with Gasteiger partial charge in [0.15, 0.2) is 5.76 Å². The normalized spacial score (nSPS) is 11.1. The molecule has 0 fully saturated rings. The van der Waals surface area contributed by atoms with Crippen molar-refractivity contribution in [3.63, 3.8) is 0 Å². The lowest BCUT2D eigenvalue weighted by Gasteiger charge is -2.00. The van der Waals surface area contributed by atoms with Crippen LogP contribution in [0.5, 0.6) is 0 Å². The maximum Gasteiger partial charge on any atom is 0.263 e. The zero-order valence-corrected chi connectivity index (χ0v) is 16.4. The number of rotatable bonds is 4. The van der Waals surface area contributed by atoms with Gasteiger partial charge in [0, 0.05) is 21.7 Å². The minimum atomic E-state index is -0.216. The van der Waals surface area contributed by atoms with Crippen molar-refractivity contribution in [2.45, 2.75) is 20.4 Å². The molecule has 0 atom stereocenters. The summed E-state index contributed by atoms with van der Waals surface area (Å²) in [7, 11) is 0. The zero-order chi connectivity index (χ0) is 19.0. The Labute approximate surface area is 165 Å². The fourth-order valence-electron chi connectivity index (χ4n) is 2.82. The van der Waals surface area contributed by atoms with E-state index in [1.807, 2.05) is 62.4 Å². The van der Waals surface area contributed by atoms with Gasteiger partial charge in [-0.1, -0.05) is 58.7 Å². The van der Waals surface area contributed by atoms with Crippen LogP contribution in [0.3, 0.4) is 0 Å². The van der Waals surface area contributed by atoms with Crippen molar-refractivity contribution in [3.8, 4) is 11.3 Å². The maximum atomic E-state index is 12.6. The second-order valence-corrected chi connectivity index (χ2v) is 7.90. The number of carbonyl (C=O) groups excluding carboxylic acids is 1. The Balaban J connectivity index is 1.48. The van der Waals surface area contributed by atoms with Gasteiger partial charge in [-0.3, -0.25) is 4.79 Å². The minimum Gasteiger partial charge on any atom is -0.359 e. The summed E-state index contributed by atoms with van der Waals surface area (Å²) in [6, 6.07) is 15.8. The largest absolute Gasteiger partial charge is 0.359 e. The topological polar surface area (TPSA) is 55.1 Å². The summed E-state index contributed by atoms with van der Waals surface area (Å²) in [4.78, 5) is 13.1. The molecule has 0 saturated carbocycles. The van der Waals surface area contributed by atoms with Crippen molar-refractivity contribution in [2.75, 3.05) is 0 Å². The summed E-state index contributed by atoms with van der Waals surface area (Å²) in [6.07, 6.45) is 0. The maximum absolute atomic E-state index is 12.6. The molecule has 136 valence electrons. The highest BCUT2D eigenvalue weighted by atomic mass is 35.5. The molecule has 2 aromatic heterocycles.